The van der Waals surface area contributed by atoms with Crippen LogP contribution in [-0.2, 0) is 11.3 Å². The van der Waals surface area contributed by atoms with Crippen molar-refractivity contribution in [2.45, 2.75) is 32.2 Å². The van der Waals surface area contributed by atoms with E-state index in [2.05, 4.69) is 15.9 Å². The van der Waals surface area contributed by atoms with E-state index in [4.69, 9.17) is 0 Å². The van der Waals surface area contributed by atoms with E-state index < -0.39 is 0 Å². The number of fused-ring (bicyclic) bond motifs is 1. The second-order valence-corrected chi connectivity index (χ2v) is 6.70. The van der Waals surface area contributed by atoms with Gasteiger partial charge in [-0.25, -0.2) is 0 Å². The van der Waals surface area contributed by atoms with Gasteiger partial charge in [-0.3, -0.25) is 9.59 Å². The molecule has 0 aliphatic carbocycles. The summed E-state index contributed by atoms with van der Waals surface area (Å²) in [4.78, 5) is 25.7. The van der Waals surface area contributed by atoms with Crippen LogP contribution >= 0.6 is 15.9 Å². The molecule has 4 nitrogen and oxygen atoms in total. The molecule has 0 saturated carbocycles. The monoisotopic (exact) mass is 362 g/mol. The number of carbonyl (C=O) groups is 2. The van der Waals surface area contributed by atoms with E-state index in [1.165, 1.54) is 12.8 Å². The largest absolute Gasteiger partial charge is 0.341 e. The zero-order valence-corrected chi connectivity index (χ0v) is 14.0. The van der Waals surface area contributed by atoms with Gasteiger partial charge in [-0.2, -0.15) is 0 Å². The van der Waals surface area contributed by atoms with Crippen molar-refractivity contribution in [2.75, 3.05) is 13.1 Å². The van der Waals surface area contributed by atoms with Crippen LogP contribution in [0.4, 0.5) is 0 Å². The summed E-state index contributed by atoms with van der Waals surface area (Å²) in [7, 11) is 0. The zero-order valence-electron chi connectivity index (χ0n) is 12.4. The van der Waals surface area contributed by atoms with E-state index in [1.54, 1.807) is 6.20 Å². The van der Waals surface area contributed by atoms with Gasteiger partial charge in [0.05, 0.1) is 0 Å². The molecule has 0 spiro atoms. The van der Waals surface area contributed by atoms with E-state index in [1.807, 2.05) is 27.7 Å². The highest BCUT2D eigenvalue weighted by Gasteiger charge is 2.17. The lowest BCUT2D eigenvalue weighted by atomic mass is 10.2. The lowest BCUT2D eigenvalue weighted by Crippen LogP contribution is -2.34. The molecule has 1 aromatic heterocycles. The SMILES string of the molecule is O=Cc1cn(CC(=O)N2CCCCCC2)c2ccc(Br)cc12. The number of hydrogen-bond donors (Lipinski definition) is 0. The number of aldehydes is 1. The van der Waals surface area contributed by atoms with Crippen LogP contribution in [0, 0.1) is 0 Å². The quantitative estimate of drug-likeness (QED) is 0.782. The second kappa shape index (κ2) is 6.65. The van der Waals surface area contributed by atoms with Crippen molar-refractivity contribution >= 4 is 39.0 Å². The third-order valence-corrected chi connectivity index (χ3v) is 4.76. The van der Waals surface area contributed by atoms with Gasteiger partial charge in [0, 0.05) is 40.2 Å². The Hall–Kier alpha value is -1.62. The number of carbonyl (C=O) groups excluding carboxylic acids is 2. The Kier molecular flexibility index (Phi) is 4.62. The van der Waals surface area contributed by atoms with E-state index >= 15 is 0 Å². The van der Waals surface area contributed by atoms with Crippen LogP contribution in [0.15, 0.2) is 28.9 Å². The van der Waals surface area contributed by atoms with E-state index in [-0.39, 0.29) is 5.91 Å². The first-order chi connectivity index (χ1) is 10.7. The molecule has 1 saturated heterocycles. The lowest BCUT2D eigenvalue weighted by Gasteiger charge is -2.20. The van der Waals surface area contributed by atoms with Gasteiger partial charge in [0.25, 0.3) is 0 Å². The standard InChI is InChI=1S/C17H19BrN2O2/c18-14-5-6-16-15(9-14)13(12-21)10-20(16)11-17(22)19-7-3-1-2-4-8-19/h5-6,9-10,12H,1-4,7-8,11H2. The van der Waals surface area contributed by atoms with Crippen molar-refractivity contribution in [2.24, 2.45) is 0 Å². The summed E-state index contributed by atoms with van der Waals surface area (Å²) in [5, 5.41) is 0.882. The van der Waals surface area contributed by atoms with Gasteiger partial charge in [-0.15, -0.1) is 0 Å². The van der Waals surface area contributed by atoms with Gasteiger partial charge >= 0.3 is 0 Å². The first-order valence-electron chi connectivity index (χ1n) is 7.70. The summed E-state index contributed by atoms with van der Waals surface area (Å²) in [5.41, 5.74) is 1.55. The average molecular weight is 363 g/mol. The van der Waals surface area contributed by atoms with Crippen LogP contribution in [0.3, 0.4) is 0 Å². The predicted molar refractivity (Wildman–Crippen MR) is 90.1 cm³/mol. The van der Waals surface area contributed by atoms with E-state index in [0.29, 0.717) is 12.1 Å². The highest BCUT2D eigenvalue weighted by molar-refractivity contribution is 9.10. The fourth-order valence-electron chi connectivity index (χ4n) is 3.09. The molecule has 0 unspecified atom stereocenters. The molecule has 0 N–H and O–H groups in total. The third kappa shape index (κ3) is 3.09. The van der Waals surface area contributed by atoms with Crippen LogP contribution in [0.25, 0.3) is 10.9 Å². The first-order valence-corrected chi connectivity index (χ1v) is 8.49. The van der Waals surface area contributed by atoms with E-state index in [0.717, 1.165) is 47.6 Å². The maximum Gasteiger partial charge on any atom is 0.242 e. The van der Waals surface area contributed by atoms with Gasteiger partial charge in [-0.05, 0) is 31.0 Å². The Morgan fingerprint density at radius 3 is 2.59 bits per heavy atom. The molecule has 1 fully saturated rings. The summed E-state index contributed by atoms with van der Waals surface area (Å²) in [6.45, 7) is 2.00. The van der Waals surface area contributed by atoms with Crippen LogP contribution in [0.5, 0.6) is 0 Å². The van der Waals surface area contributed by atoms with Gasteiger partial charge in [0.1, 0.15) is 6.54 Å². The second-order valence-electron chi connectivity index (χ2n) is 5.79. The number of rotatable bonds is 3. The summed E-state index contributed by atoms with van der Waals surface area (Å²) in [5.74, 6) is 0.138. The highest BCUT2D eigenvalue weighted by atomic mass is 79.9. The Morgan fingerprint density at radius 2 is 1.91 bits per heavy atom. The molecule has 0 radical (unpaired) electrons. The lowest BCUT2D eigenvalue weighted by molar-refractivity contribution is -0.131. The van der Waals surface area contributed by atoms with Crippen molar-refractivity contribution in [3.8, 4) is 0 Å². The molecule has 1 amide bonds. The van der Waals surface area contributed by atoms with Gasteiger partial charge in [0.15, 0.2) is 6.29 Å². The zero-order chi connectivity index (χ0) is 15.5. The van der Waals surface area contributed by atoms with Crippen molar-refractivity contribution in [3.63, 3.8) is 0 Å². The Bertz CT molecular complexity index is 700. The number of amides is 1. The average Bonchev–Trinajstić information content (AvgIpc) is 2.69. The summed E-state index contributed by atoms with van der Waals surface area (Å²) in [6.07, 6.45) is 7.22. The molecule has 1 aliphatic heterocycles. The topological polar surface area (TPSA) is 42.3 Å². The summed E-state index contributed by atoms with van der Waals surface area (Å²) >= 11 is 3.43. The van der Waals surface area contributed by atoms with Crippen LogP contribution in [-0.4, -0.2) is 34.7 Å². The number of hydrogen-bond acceptors (Lipinski definition) is 2. The maximum absolute atomic E-state index is 12.5. The number of nitrogens with zero attached hydrogens (tertiary/aromatic N) is 2. The van der Waals surface area contributed by atoms with Crippen molar-refractivity contribution in [1.29, 1.82) is 0 Å². The Morgan fingerprint density at radius 1 is 1.18 bits per heavy atom. The summed E-state index contributed by atoms with van der Waals surface area (Å²) in [6, 6.07) is 5.80. The van der Waals surface area contributed by atoms with E-state index in [9.17, 15) is 9.59 Å². The smallest absolute Gasteiger partial charge is 0.242 e. The maximum atomic E-state index is 12.5. The molecule has 0 atom stereocenters. The molecule has 22 heavy (non-hydrogen) atoms. The predicted octanol–water partition coefficient (Wildman–Crippen LogP) is 3.62. The number of benzene rings is 1. The molecule has 3 rings (SSSR count). The molecule has 0 bridgehead atoms. The first kappa shape index (κ1) is 15.3. The number of likely N-dealkylation sites (tertiary alicyclic amines) is 1. The fourth-order valence-corrected chi connectivity index (χ4v) is 3.45. The molecule has 116 valence electrons. The van der Waals surface area contributed by atoms with Crippen LogP contribution in [0.1, 0.15) is 36.0 Å². The summed E-state index contributed by atoms with van der Waals surface area (Å²) < 4.78 is 2.82. The highest BCUT2D eigenvalue weighted by Crippen LogP contribution is 2.24. The van der Waals surface area contributed by atoms with Gasteiger partial charge in [-0.1, -0.05) is 28.8 Å². The molecule has 2 aromatic rings. The Labute approximate surface area is 138 Å². The van der Waals surface area contributed by atoms with Crippen molar-refractivity contribution in [3.05, 3.63) is 34.4 Å². The van der Waals surface area contributed by atoms with Crippen LogP contribution < -0.4 is 0 Å². The minimum atomic E-state index is 0.138. The van der Waals surface area contributed by atoms with Crippen molar-refractivity contribution in [1.82, 2.24) is 9.47 Å². The number of aromatic nitrogens is 1. The molecule has 1 aliphatic rings. The van der Waals surface area contributed by atoms with Gasteiger partial charge in [0.2, 0.25) is 5.91 Å². The van der Waals surface area contributed by atoms with Crippen molar-refractivity contribution < 1.29 is 9.59 Å². The third-order valence-electron chi connectivity index (χ3n) is 4.27. The number of halogens is 1. The minimum absolute atomic E-state index is 0.138. The molecule has 1 aromatic carbocycles. The fraction of sp³-hybridized carbons (Fsp3) is 0.412. The molecule has 2 heterocycles. The minimum Gasteiger partial charge on any atom is -0.341 e. The molecular formula is C17H19BrN2O2. The Balaban J connectivity index is 1.87. The van der Waals surface area contributed by atoms with Gasteiger partial charge < -0.3 is 9.47 Å². The molecule has 5 heteroatoms. The molecular weight excluding hydrogens is 344 g/mol. The van der Waals surface area contributed by atoms with Crippen LogP contribution in [0.2, 0.25) is 0 Å². The normalized spacial score (nSPS) is 15.8.